The van der Waals surface area contributed by atoms with Gasteiger partial charge in [-0.3, -0.25) is 14.5 Å². The lowest BCUT2D eigenvalue weighted by Gasteiger charge is -2.35. The van der Waals surface area contributed by atoms with Gasteiger partial charge in [0.25, 0.3) is 0 Å². The highest BCUT2D eigenvalue weighted by molar-refractivity contribution is 7.99. The average Bonchev–Trinajstić information content (AvgIpc) is 3.27. The summed E-state index contributed by atoms with van der Waals surface area (Å²) in [7, 11) is 0. The largest absolute Gasteiger partial charge is 0.350 e. The molecule has 0 bridgehead atoms. The molecule has 1 saturated carbocycles. The van der Waals surface area contributed by atoms with Gasteiger partial charge in [0.2, 0.25) is 11.8 Å². The molecule has 0 spiro atoms. The monoisotopic (exact) mass is 435 g/mol. The second-order valence-electron chi connectivity index (χ2n) is 9.62. The molecule has 2 fully saturated rings. The molecule has 1 N–H and O–H groups in total. The van der Waals surface area contributed by atoms with E-state index in [0.29, 0.717) is 31.4 Å². The molecule has 0 atom stereocenters. The number of piperazine rings is 1. The van der Waals surface area contributed by atoms with E-state index in [-0.39, 0.29) is 17.4 Å². The maximum absolute atomic E-state index is 12.8. The minimum absolute atomic E-state index is 0.0438. The van der Waals surface area contributed by atoms with Gasteiger partial charge < -0.3 is 14.8 Å². The second kappa shape index (κ2) is 9.73. The SMILES string of the molecule is Cc1nc(SCC(=O)N2CCN(CC(=O)NC(C)(C)C)CC2)n(C2CCCC2)c1C. The van der Waals surface area contributed by atoms with Crippen molar-refractivity contribution in [3.05, 3.63) is 11.4 Å². The summed E-state index contributed by atoms with van der Waals surface area (Å²) >= 11 is 1.57. The number of imidazole rings is 1. The molecule has 7 nitrogen and oxygen atoms in total. The van der Waals surface area contributed by atoms with Crippen molar-refractivity contribution in [3.63, 3.8) is 0 Å². The van der Waals surface area contributed by atoms with Crippen LogP contribution in [0.25, 0.3) is 0 Å². The quantitative estimate of drug-likeness (QED) is 0.696. The number of hydrogen-bond acceptors (Lipinski definition) is 5. The first-order chi connectivity index (χ1) is 14.1. The van der Waals surface area contributed by atoms with Gasteiger partial charge in [0.05, 0.1) is 18.0 Å². The Balaban J connectivity index is 1.48. The number of carbonyl (C=O) groups is 2. The number of rotatable bonds is 6. The van der Waals surface area contributed by atoms with Crippen LogP contribution in [0.4, 0.5) is 0 Å². The smallest absolute Gasteiger partial charge is 0.234 e. The highest BCUT2D eigenvalue weighted by Gasteiger charge is 2.26. The molecule has 1 saturated heterocycles. The van der Waals surface area contributed by atoms with Crippen molar-refractivity contribution in [2.45, 2.75) is 77.0 Å². The van der Waals surface area contributed by atoms with Gasteiger partial charge in [0.1, 0.15) is 0 Å². The highest BCUT2D eigenvalue weighted by Crippen LogP contribution is 2.35. The normalized spacial score (nSPS) is 18.8. The Labute approximate surface area is 185 Å². The van der Waals surface area contributed by atoms with Gasteiger partial charge in [-0.1, -0.05) is 24.6 Å². The van der Waals surface area contributed by atoms with E-state index < -0.39 is 0 Å². The first-order valence-electron chi connectivity index (χ1n) is 11.1. The van der Waals surface area contributed by atoms with Crippen LogP contribution in [0.2, 0.25) is 0 Å². The van der Waals surface area contributed by atoms with Crippen molar-refractivity contribution in [1.82, 2.24) is 24.7 Å². The number of amides is 2. The summed E-state index contributed by atoms with van der Waals surface area (Å²) in [6.07, 6.45) is 4.98. The molecule has 0 radical (unpaired) electrons. The molecule has 8 heteroatoms. The zero-order valence-corrected chi connectivity index (χ0v) is 20.0. The number of nitrogens with one attached hydrogen (secondary N) is 1. The zero-order chi connectivity index (χ0) is 21.9. The highest BCUT2D eigenvalue weighted by atomic mass is 32.2. The Bertz CT molecular complexity index is 756. The molecule has 3 rings (SSSR count). The summed E-state index contributed by atoms with van der Waals surface area (Å²) in [6, 6.07) is 0.534. The lowest BCUT2D eigenvalue weighted by atomic mass is 10.1. The van der Waals surface area contributed by atoms with Gasteiger partial charge in [0.15, 0.2) is 5.16 Å². The molecule has 1 aromatic heterocycles. The van der Waals surface area contributed by atoms with E-state index in [2.05, 4.69) is 28.6 Å². The Kier molecular flexibility index (Phi) is 7.50. The van der Waals surface area contributed by atoms with Crippen molar-refractivity contribution in [1.29, 1.82) is 0 Å². The summed E-state index contributed by atoms with van der Waals surface area (Å²) in [6.45, 7) is 13.4. The van der Waals surface area contributed by atoms with Crippen LogP contribution in [0.1, 0.15) is 63.9 Å². The fourth-order valence-corrected chi connectivity index (χ4v) is 5.39. The third kappa shape index (κ3) is 6.00. The fraction of sp³-hybridized carbons (Fsp3) is 0.773. The molecule has 1 aliphatic carbocycles. The number of hydrogen-bond donors (Lipinski definition) is 1. The van der Waals surface area contributed by atoms with Gasteiger partial charge in [-0.05, 0) is 47.5 Å². The van der Waals surface area contributed by atoms with E-state index in [1.54, 1.807) is 11.8 Å². The van der Waals surface area contributed by atoms with Crippen LogP contribution in [0.15, 0.2) is 5.16 Å². The maximum atomic E-state index is 12.8. The summed E-state index contributed by atoms with van der Waals surface area (Å²) in [5, 5.41) is 3.99. The molecule has 0 aromatic carbocycles. The molecule has 2 heterocycles. The molecule has 2 amide bonds. The van der Waals surface area contributed by atoms with Crippen molar-refractivity contribution in [2.24, 2.45) is 0 Å². The zero-order valence-electron chi connectivity index (χ0n) is 19.2. The second-order valence-corrected chi connectivity index (χ2v) is 10.6. The van der Waals surface area contributed by atoms with Crippen LogP contribution in [-0.4, -0.2) is 75.2 Å². The lowest BCUT2D eigenvalue weighted by Crippen LogP contribution is -2.53. The molecule has 0 unspecified atom stereocenters. The molecular formula is C22H37N5O2S. The predicted octanol–water partition coefficient (Wildman–Crippen LogP) is 2.77. The molecule has 2 aliphatic rings. The topological polar surface area (TPSA) is 70.5 Å². The van der Waals surface area contributed by atoms with Crippen LogP contribution in [0.3, 0.4) is 0 Å². The van der Waals surface area contributed by atoms with Crippen molar-refractivity contribution in [2.75, 3.05) is 38.5 Å². The van der Waals surface area contributed by atoms with E-state index in [0.717, 1.165) is 23.9 Å². The first-order valence-corrected chi connectivity index (χ1v) is 12.1. The van der Waals surface area contributed by atoms with E-state index in [9.17, 15) is 9.59 Å². The average molecular weight is 436 g/mol. The number of thioether (sulfide) groups is 1. The number of aromatic nitrogens is 2. The molecule has 30 heavy (non-hydrogen) atoms. The summed E-state index contributed by atoms with van der Waals surface area (Å²) in [5.74, 6) is 0.630. The first kappa shape index (κ1) is 23.1. The van der Waals surface area contributed by atoms with Crippen molar-refractivity contribution >= 4 is 23.6 Å². The van der Waals surface area contributed by atoms with Crippen LogP contribution in [0.5, 0.6) is 0 Å². The summed E-state index contributed by atoms with van der Waals surface area (Å²) in [5.41, 5.74) is 2.09. The Morgan fingerprint density at radius 2 is 1.73 bits per heavy atom. The standard InChI is InChI=1S/C22H37N5O2S/c1-16-17(2)27(18-8-6-7-9-18)21(23-16)30-15-20(29)26-12-10-25(11-13-26)14-19(28)24-22(3,4)5/h18H,6-15H2,1-5H3,(H,24,28). The third-order valence-electron chi connectivity index (χ3n) is 5.98. The van der Waals surface area contributed by atoms with E-state index in [4.69, 9.17) is 4.98 Å². The Morgan fingerprint density at radius 1 is 1.10 bits per heavy atom. The maximum Gasteiger partial charge on any atom is 0.234 e. The van der Waals surface area contributed by atoms with Gasteiger partial charge in [-0.2, -0.15) is 0 Å². The minimum Gasteiger partial charge on any atom is -0.350 e. The van der Waals surface area contributed by atoms with E-state index >= 15 is 0 Å². The van der Waals surface area contributed by atoms with Crippen LogP contribution < -0.4 is 5.32 Å². The molecule has 168 valence electrons. The predicted molar refractivity (Wildman–Crippen MR) is 121 cm³/mol. The Morgan fingerprint density at radius 3 is 2.33 bits per heavy atom. The number of carbonyl (C=O) groups excluding carboxylic acids is 2. The van der Waals surface area contributed by atoms with Crippen LogP contribution >= 0.6 is 11.8 Å². The molecular weight excluding hydrogens is 398 g/mol. The van der Waals surface area contributed by atoms with Gasteiger partial charge in [0, 0.05) is 43.5 Å². The van der Waals surface area contributed by atoms with Crippen LogP contribution in [0, 0.1) is 13.8 Å². The van der Waals surface area contributed by atoms with Gasteiger partial charge in [-0.25, -0.2) is 4.98 Å². The third-order valence-corrected chi connectivity index (χ3v) is 6.91. The fourth-order valence-electron chi connectivity index (χ4n) is 4.32. The summed E-state index contributed by atoms with van der Waals surface area (Å²) in [4.78, 5) is 33.7. The minimum atomic E-state index is -0.215. The van der Waals surface area contributed by atoms with Gasteiger partial charge in [-0.15, -0.1) is 0 Å². The number of aryl methyl sites for hydroxylation is 1. The van der Waals surface area contributed by atoms with Crippen LogP contribution in [-0.2, 0) is 9.59 Å². The lowest BCUT2D eigenvalue weighted by molar-refractivity contribution is -0.130. The van der Waals surface area contributed by atoms with E-state index in [1.807, 2.05) is 25.7 Å². The molecule has 1 aromatic rings. The Hall–Kier alpha value is -1.54. The van der Waals surface area contributed by atoms with Crippen molar-refractivity contribution in [3.8, 4) is 0 Å². The van der Waals surface area contributed by atoms with Gasteiger partial charge >= 0.3 is 0 Å². The van der Waals surface area contributed by atoms with E-state index in [1.165, 1.54) is 31.4 Å². The summed E-state index contributed by atoms with van der Waals surface area (Å²) < 4.78 is 2.37. The van der Waals surface area contributed by atoms with Crippen molar-refractivity contribution < 1.29 is 9.59 Å². The number of nitrogens with zero attached hydrogens (tertiary/aromatic N) is 4. The molecule has 1 aliphatic heterocycles.